The van der Waals surface area contributed by atoms with Crippen LogP contribution in [0.15, 0.2) is 84.9 Å². The van der Waals surface area contributed by atoms with E-state index in [2.05, 4.69) is 85.0 Å². The summed E-state index contributed by atoms with van der Waals surface area (Å²) < 4.78 is 5.23. The predicted octanol–water partition coefficient (Wildman–Crippen LogP) is 5.43. The molecule has 136 valence electrons. The second-order valence-corrected chi connectivity index (χ2v) is 6.32. The highest BCUT2D eigenvalue weighted by Crippen LogP contribution is 2.28. The highest BCUT2D eigenvalue weighted by atomic mass is 35.5. The van der Waals surface area contributed by atoms with Gasteiger partial charge in [-0.3, -0.25) is 0 Å². The highest BCUT2D eigenvalue weighted by Gasteiger charge is 2.20. The van der Waals surface area contributed by atoms with Crippen LogP contribution in [-0.4, -0.2) is 13.2 Å². The Bertz CT molecular complexity index is 720. The Morgan fingerprint density at radius 2 is 1.27 bits per heavy atom. The summed E-state index contributed by atoms with van der Waals surface area (Å²) in [5.74, 6) is 1.21. The van der Waals surface area contributed by atoms with Crippen molar-refractivity contribution in [3.8, 4) is 5.75 Å². The molecule has 3 heteroatoms. The lowest BCUT2D eigenvalue weighted by molar-refractivity contribution is 0.414. The summed E-state index contributed by atoms with van der Waals surface area (Å²) in [4.78, 5) is 0. The van der Waals surface area contributed by atoms with Gasteiger partial charge in [0.05, 0.1) is 7.11 Å². The van der Waals surface area contributed by atoms with Crippen LogP contribution in [0.1, 0.15) is 29.5 Å². The molecule has 26 heavy (non-hydrogen) atoms. The minimum absolute atomic E-state index is 0. The zero-order chi connectivity index (χ0) is 17.5. The van der Waals surface area contributed by atoms with E-state index in [0.29, 0.717) is 12.0 Å². The number of ether oxygens (including phenoxy) is 1. The quantitative estimate of drug-likeness (QED) is 0.601. The number of methoxy groups -OCH3 is 1. The molecule has 3 aromatic rings. The van der Waals surface area contributed by atoms with Gasteiger partial charge in [-0.05, 0) is 35.7 Å². The Kier molecular flexibility index (Phi) is 7.71. The molecule has 0 heterocycles. The molecule has 0 aliphatic carbocycles. The summed E-state index contributed by atoms with van der Waals surface area (Å²) in [7, 11) is 1.69. The van der Waals surface area contributed by atoms with E-state index in [1.807, 2.05) is 12.1 Å². The van der Waals surface area contributed by atoms with Crippen LogP contribution < -0.4 is 10.1 Å². The molecule has 0 aliphatic rings. The summed E-state index contributed by atoms with van der Waals surface area (Å²) in [6.07, 6.45) is 0. The molecule has 3 rings (SSSR count). The summed E-state index contributed by atoms with van der Waals surface area (Å²) >= 11 is 0. The van der Waals surface area contributed by atoms with Crippen molar-refractivity contribution in [1.82, 2.24) is 5.32 Å². The fraction of sp³-hybridized carbons (Fsp3) is 0.217. The highest BCUT2D eigenvalue weighted by molar-refractivity contribution is 5.85. The van der Waals surface area contributed by atoms with Crippen molar-refractivity contribution >= 4 is 12.4 Å². The average molecular weight is 368 g/mol. The number of nitrogens with one attached hydrogen (secondary N) is 1. The molecule has 0 radical (unpaired) electrons. The van der Waals surface area contributed by atoms with Crippen LogP contribution in [0.25, 0.3) is 0 Å². The van der Waals surface area contributed by atoms with Crippen molar-refractivity contribution in [2.75, 3.05) is 7.11 Å². The van der Waals surface area contributed by atoms with E-state index in [1.54, 1.807) is 7.11 Å². The average Bonchev–Trinajstić information content (AvgIpc) is 2.69. The smallest absolute Gasteiger partial charge is 0.118 e. The summed E-state index contributed by atoms with van der Waals surface area (Å²) in [5, 5.41) is 3.69. The molecule has 0 aromatic heterocycles. The first-order valence-electron chi connectivity index (χ1n) is 8.74. The van der Waals surface area contributed by atoms with Crippen LogP contribution in [0.4, 0.5) is 0 Å². The van der Waals surface area contributed by atoms with Gasteiger partial charge in [-0.25, -0.2) is 0 Å². The Hall–Kier alpha value is -2.29. The van der Waals surface area contributed by atoms with Gasteiger partial charge in [-0.15, -0.1) is 12.4 Å². The second kappa shape index (κ2) is 10.0. The third-order valence-corrected chi connectivity index (χ3v) is 4.60. The Morgan fingerprint density at radius 3 is 1.73 bits per heavy atom. The van der Waals surface area contributed by atoms with Crippen LogP contribution in [0.5, 0.6) is 5.75 Å². The zero-order valence-corrected chi connectivity index (χ0v) is 16.1. The van der Waals surface area contributed by atoms with E-state index in [4.69, 9.17) is 4.74 Å². The van der Waals surface area contributed by atoms with E-state index in [9.17, 15) is 0 Å². The molecule has 3 aromatic carbocycles. The second-order valence-electron chi connectivity index (χ2n) is 6.32. The lowest BCUT2D eigenvalue weighted by Crippen LogP contribution is -2.32. The van der Waals surface area contributed by atoms with Gasteiger partial charge in [0.2, 0.25) is 0 Å². The van der Waals surface area contributed by atoms with Gasteiger partial charge >= 0.3 is 0 Å². The first kappa shape index (κ1) is 20.0. The maximum atomic E-state index is 5.23. The summed E-state index contributed by atoms with van der Waals surface area (Å²) in [6, 6.07) is 30.0. The van der Waals surface area contributed by atoms with Crippen LogP contribution in [0.2, 0.25) is 0 Å². The number of halogens is 1. The largest absolute Gasteiger partial charge is 0.497 e. The van der Waals surface area contributed by atoms with Crippen molar-refractivity contribution in [3.05, 3.63) is 102 Å². The van der Waals surface area contributed by atoms with Crippen LogP contribution in [0, 0.1) is 0 Å². The van der Waals surface area contributed by atoms with Gasteiger partial charge in [0.15, 0.2) is 0 Å². The standard InChI is InChI=1S/C23H25NO.ClH/c1-18(24-17-19-13-15-22(25-2)16-14-19)23(20-9-5-3-6-10-20)21-11-7-4-8-12-21;/h3-16,18,23-24H,17H2,1-2H3;1H. The fourth-order valence-corrected chi connectivity index (χ4v) is 3.23. The van der Waals surface area contributed by atoms with Gasteiger partial charge in [0.25, 0.3) is 0 Å². The number of hydrogen-bond acceptors (Lipinski definition) is 2. The molecule has 0 spiro atoms. The molecule has 1 N–H and O–H groups in total. The van der Waals surface area contributed by atoms with E-state index in [-0.39, 0.29) is 12.4 Å². The minimum Gasteiger partial charge on any atom is -0.497 e. The molecule has 0 saturated carbocycles. The van der Waals surface area contributed by atoms with Crippen molar-refractivity contribution in [2.24, 2.45) is 0 Å². The molecule has 0 amide bonds. The molecule has 0 aliphatic heterocycles. The fourth-order valence-electron chi connectivity index (χ4n) is 3.23. The molecule has 1 atom stereocenters. The first-order valence-corrected chi connectivity index (χ1v) is 8.74. The SMILES string of the molecule is COc1ccc(CNC(C)C(c2ccccc2)c2ccccc2)cc1.Cl. The molecular weight excluding hydrogens is 342 g/mol. The zero-order valence-electron chi connectivity index (χ0n) is 15.3. The lowest BCUT2D eigenvalue weighted by atomic mass is 9.86. The van der Waals surface area contributed by atoms with Crippen molar-refractivity contribution < 1.29 is 4.74 Å². The van der Waals surface area contributed by atoms with Crippen LogP contribution >= 0.6 is 12.4 Å². The van der Waals surface area contributed by atoms with Gasteiger partial charge < -0.3 is 10.1 Å². The molecule has 0 saturated heterocycles. The molecule has 0 bridgehead atoms. The summed E-state index contributed by atoms with van der Waals surface area (Å²) in [6.45, 7) is 3.09. The lowest BCUT2D eigenvalue weighted by Gasteiger charge is -2.26. The monoisotopic (exact) mass is 367 g/mol. The summed E-state index contributed by atoms with van der Waals surface area (Å²) in [5.41, 5.74) is 3.93. The van der Waals surface area contributed by atoms with Crippen LogP contribution in [-0.2, 0) is 6.54 Å². The number of benzene rings is 3. The van der Waals surface area contributed by atoms with Gasteiger partial charge in [-0.1, -0.05) is 72.8 Å². The maximum Gasteiger partial charge on any atom is 0.118 e. The molecular formula is C23H26ClNO. The van der Waals surface area contributed by atoms with Gasteiger partial charge in [0.1, 0.15) is 5.75 Å². The van der Waals surface area contributed by atoms with Crippen LogP contribution in [0.3, 0.4) is 0 Å². The predicted molar refractivity (Wildman–Crippen MR) is 111 cm³/mol. The Morgan fingerprint density at radius 1 is 0.769 bits per heavy atom. The van der Waals surface area contributed by atoms with E-state index >= 15 is 0 Å². The topological polar surface area (TPSA) is 21.3 Å². The third kappa shape index (κ3) is 5.10. The maximum absolute atomic E-state index is 5.23. The van der Waals surface area contributed by atoms with Crippen molar-refractivity contribution in [3.63, 3.8) is 0 Å². The Balaban J connectivity index is 0.00000243. The Labute approximate surface area is 162 Å². The number of hydrogen-bond donors (Lipinski definition) is 1. The van der Waals surface area contributed by atoms with Crippen molar-refractivity contribution in [2.45, 2.75) is 25.4 Å². The van der Waals surface area contributed by atoms with Gasteiger partial charge in [-0.2, -0.15) is 0 Å². The minimum atomic E-state index is 0. The molecule has 2 nitrogen and oxygen atoms in total. The van der Waals surface area contributed by atoms with Gasteiger partial charge in [0, 0.05) is 18.5 Å². The normalized spacial score (nSPS) is 11.7. The molecule has 1 unspecified atom stereocenters. The first-order chi connectivity index (χ1) is 12.3. The van der Waals surface area contributed by atoms with E-state index in [0.717, 1.165) is 12.3 Å². The molecule has 0 fully saturated rings. The number of rotatable bonds is 7. The van der Waals surface area contributed by atoms with E-state index < -0.39 is 0 Å². The van der Waals surface area contributed by atoms with Crippen molar-refractivity contribution in [1.29, 1.82) is 0 Å². The third-order valence-electron chi connectivity index (χ3n) is 4.60. The van der Waals surface area contributed by atoms with E-state index in [1.165, 1.54) is 16.7 Å².